The van der Waals surface area contributed by atoms with Crippen LogP contribution >= 0.6 is 0 Å². The van der Waals surface area contributed by atoms with Gasteiger partial charge in [0, 0.05) is 5.39 Å². The molecule has 0 spiro atoms. The quantitative estimate of drug-likeness (QED) is 0.502. The average Bonchev–Trinajstić information content (AvgIpc) is 3.13. The van der Waals surface area contributed by atoms with Gasteiger partial charge in [0.15, 0.2) is 5.65 Å². The molecule has 1 fully saturated rings. The Labute approximate surface area is 148 Å². The molecule has 0 radical (unpaired) electrons. The van der Waals surface area contributed by atoms with Gasteiger partial charge in [-0.1, -0.05) is 24.3 Å². The third-order valence-electron chi connectivity index (χ3n) is 5.46. The van der Waals surface area contributed by atoms with Crippen LogP contribution in [-0.4, -0.2) is 39.0 Å². The van der Waals surface area contributed by atoms with Crippen molar-refractivity contribution in [1.29, 1.82) is 0 Å². The maximum absolute atomic E-state index is 4.47. The maximum Gasteiger partial charge on any atom is 0.259 e. The van der Waals surface area contributed by atoms with Gasteiger partial charge in [0.2, 0.25) is 0 Å². The van der Waals surface area contributed by atoms with Crippen molar-refractivity contribution in [3.05, 3.63) is 48.7 Å². The van der Waals surface area contributed by atoms with Crippen molar-refractivity contribution in [2.75, 3.05) is 0 Å². The van der Waals surface area contributed by atoms with E-state index < -0.39 is 0 Å². The van der Waals surface area contributed by atoms with Crippen LogP contribution in [0.25, 0.3) is 28.1 Å². The van der Waals surface area contributed by atoms with Crippen molar-refractivity contribution in [2.24, 2.45) is 11.8 Å². The number of hydrogen-bond acceptors (Lipinski definition) is 5. The summed E-state index contributed by atoms with van der Waals surface area (Å²) in [5.41, 5.74) is 3.82. The van der Waals surface area contributed by atoms with Gasteiger partial charge in [-0.25, -0.2) is 9.38 Å². The summed E-state index contributed by atoms with van der Waals surface area (Å²) in [5, 5.41) is 18.4. The number of aromatic nitrogens is 8. The lowest BCUT2D eigenvalue weighted by molar-refractivity contribution is 0.665. The fourth-order valence-corrected chi connectivity index (χ4v) is 3.83. The molecule has 1 aliphatic carbocycles. The van der Waals surface area contributed by atoms with Crippen LogP contribution in [0.4, 0.5) is 0 Å². The first-order chi connectivity index (χ1) is 12.8. The van der Waals surface area contributed by atoms with Crippen LogP contribution in [0.2, 0.25) is 0 Å². The summed E-state index contributed by atoms with van der Waals surface area (Å²) in [6, 6.07) is 8.14. The lowest BCUT2D eigenvalue weighted by Crippen LogP contribution is -2.09. The molecule has 4 aromatic heterocycles. The summed E-state index contributed by atoms with van der Waals surface area (Å²) in [6.07, 6.45) is 7.71. The smallest absolute Gasteiger partial charge is 0.259 e. The number of para-hydroxylation sites is 1. The molecule has 2 atom stereocenters. The predicted molar refractivity (Wildman–Crippen MR) is 95.1 cm³/mol. The normalized spacial score (nSPS) is 19.7. The molecule has 26 heavy (non-hydrogen) atoms. The van der Waals surface area contributed by atoms with Crippen LogP contribution in [0, 0.1) is 11.8 Å². The second-order valence-electron chi connectivity index (χ2n) is 7.11. The zero-order valence-electron chi connectivity index (χ0n) is 14.2. The first-order valence-corrected chi connectivity index (χ1v) is 8.79. The van der Waals surface area contributed by atoms with Crippen LogP contribution in [0.1, 0.15) is 19.0 Å². The van der Waals surface area contributed by atoms with E-state index in [2.05, 4.69) is 49.0 Å². The SMILES string of the molecule is CC1CC1Cc1cnnn1-c1nnc2c3ccccc3n3cncc3n12. The first kappa shape index (κ1) is 13.9. The minimum absolute atomic E-state index is 0.650. The Bertz CT molecular complexity index is 1280. The summed E-state index contributed by atoms with van der Waals surface area (Å²) in [5.74, 6) is 2.14. The lowest BCUT2D eigenvalue weighted by atomic mass is 10.2. The molecule has 2 unspecified atom stereocenters. The van der Waals surface area contributed by atoms with Gasteiger partial charge < -0.3 is 0 Å². The van der Waals surface area contributed by atoms with Crippen molar-refractivity contribution in [1.82, 2.24) is 39.0 Å². The third-order valence-corrected chi connectivity index (χ3v) is 5.46. The molecule has 0 bridgehead atoms. The molecule has 8 heteroatoms. The largest absolute Gasteiger partial charge is 0.284 e. The summed E-state index contributed by atoms with van der Waals surface area (Å²) in [7, 11) is 0. The third kappa shape index (κ3) is 1.81. The van der Waals surface area contributed by atoms with Crippen LogP contribution in [0.3, 0.4) is 0 Å². The Hall–Kier alpha value is -3.29. The van der Waals surface area contributed by atoms with Gasteiger partial charge in [0.1, 0.15) is 12.0 Å². The zero-order valence-corrected chi connectivity index (χ0v) is 14.2. The van der Waals surface area contributed by atoms with Gasteiger partial charge in [-0.3, -0.25) is 4.40 Å². The number of rotatable bonds is 3. The fourth-order valence-electron chi connectivity index (χ4n) is 3.83. The van der Waals surface area contributed by atoms with Crippen molar-refractivity contribution in [3.8, 4) is 5.95 Å². The van der Waals surface area contributed by atoms with Gasteiger partial charge in [-0.15, -0.1) is 15.3 Å². The number of fused-ring (bicyclic) bond motifs is 6. The molecular formula is C18H16N8. The highest BCUT2D eigenvalue weighted by Crippen LogP contribution is 2.40. The van der Waals surface area contributed by atoms with Crippen LogP contribution in [-0.2, 0) is 6.42 Å². The van der Waals surface area contributed by atoms with E-state index in [1.54, 1.807) is 0 Å². The second-order valence-corrected chi connectivity index (χ2v) is 7.11. The Morgan fingerprint density at radius 2 is 2.04 bits per heavy atom. The Balaban J connectivity index is 1.65. The zero-order chi connectivity index (χ0) is 17.3. The molecule has 4 heterocycles. The number of nitrogens with zero attached hydrogens (tertiary/aromatic N) is 8. The fraction of sp³-hybridized carbons (Fsp3) is 0.278. The second kappa shape index (κ2) is 4.87. The summed E-state index contributed by atoms with van der Waals surface area (Å²) >= 11 is 0. The van der Waals surface area contributed by atoms with E-state index in [-0.39, 0.29) is 0 Å². The maximum atomic E-state index is 4.47. The predicted octanol–water partition coefficient (Wildman–Crippen LogP) is 2.31. The summed E-state index contributed by atoms with van der Waals surface area (Å²) < 4.78 is 5.87. The average molecular weight is 344 g/mol. The minimum atomic E-state index is 0.650. The van der Waals surface area contributed by atoms with E-state index in [0.717, 1.165) is 40.2 Å². The van der Waals surface area contributed by atoms with Crippen molar-refractivity contribution in [3.63, 3.8) is 0 Å². The summed E-state index contributed by atoms with van der Waals surface area (Å²) in [4.78, 5) is 4.34. The Morgan fingerprint density at radius 3 is 2.92 bits per heavy atom. The minimum Gasteiger partial charge on any atom is -0.284 e. The van der Waals surface area contributed by atoms with E-state index >= 15 is 0 Å². The molecule has 1 aliphatic rings. The molecule has 0 amide bonds. The highest BCUT2D eigenvalue weighted by molar-refractivity contribution is 5.94. The van der Waals surface area contributed by atoms with Gasteiger partial charge in [0.05, 0.1) is 23.6 Å². The molecule has 6 rings (SSSR count). The Morgan fingerprint density at radius 1 is 1.15 bits per heavy atom. The molecule has 0 N–H and O–H groups in total. The highest BCUT2D eigenvalue weighted by atomic mass is 15.5. The lowest BCUT2D eigenvalue weighted by Gasteiger charge is -2.08. The Kier molecular flexibility index (Phi) is 2.61. The van der Waals surface area contributed by atoms with E-state index in [4.69, 9.17) is 0 Å². The molecule has 128 valence electrons. The van der Waals surface area contributed by atoms with Gasteiger partial charge in [0.25, 0.3) is 5.95 Å². The van der Waals surface area contributed by atoms with Gasteiger partial charge in [-0.2, -0.15) is 4.68 Å². The van der Waals surface area contributed by atoms with E-state index in [1.165, 1.54) is 6.42 Å². The first-order valence-electron chi connectivity index (χ1n) is 8.79. The molecule has 8 nitrogen and oxygen atoms in total. The number of hydrogen-bond donors (Lipinski definition) is 0. The molecule has 5 aromatic rings. The number of imidazole rings is 1. The van der Waals surface area contributed by atoms with Gasteiger partial charge >= 0.3 is 0 Å². The monoisotopic (exact) mass is 344 g/mol. The van der Waals surface area contributed by atoms with E-state index in [0.29, 0.717) is 11.9 Å². The van der Waals surface area contributed by atoms with Crippen LogP contribution in [0.5, 0.6) is 0 Å². The summed E-state index contributed by atoms with van der Waals surface area (Å²) in [6.45, 7) is 2.28. The molecule has 0 aliphatic heterocycles. The number of benzene rings is 1. The molecular weight excluding hydrogens is 328 g/mol. The van der Waals surface area contributed by atoms with Gasteiger partial charge in [-0.05, 0) is 36.8 Å². The van der Waals surface area contributed by atoms with Crippen LogP contribution < -0.4 is 0 Å². The molecule has 0 saturated heterocycles. The standard InChI is InChI=1S/C18H16N8/c1-11-6-12(11)7-13-8-20-23-26(13)18-22-21-17-14-4-2-3-5-15(14)24-10-19-9-16(24)25(17)18/h2-5,8-12H,6-7H2,1H3. The molecule has 1 aromatic carbocycles. The topological polar surface area (TPSA) is 78.2 Å². The van der Waals surface area contributed by atoms with Crippen molar-refractivity contribution in [2.45, 2.75) is 19.8 Å². The van der Waals surface area contributed by atoms with E-state index in [1.807, 2.05) is 39.9 Å². The highest BCUT2D eigenvalue weighted by Gasteiger charge is 2.34. The van der Waals surface area contributed by atoms with E-state index in [9.17, 15) is 0 Å². The molecule has 1 saturated carbocycles. The van der Waals surface area contributed by atoms with Crippen molar-refractivity contribution < 1.29 is 0 Å². The van der Waals surface area contributed by atoms with Crippen LogP contribution in [0.15, 0.2) is 43.0 Å². The van der Waals surface area contributed by atoms with Crippen molar-refractivity contribution >= 4 is 22.2 Å².